The Morgan fingerprint density at radius 3 is 2.78 bits per heavy atom. The highest BCUT2D eigenvalue weighted by atomic mass is 16.2. The first-order valence-corrected chi connectivity index (χ1v) is 8.51. The van der Waals surface area contributed by atoms with E-state index in [2.05, 4.69) is 20.7 Å². The van der Waals surface area contributed by atoms with Crippen molar-refractivity contribution in [2.24, 2.45) is 5.92 Å². The van der Waals surface area contributed by atoms with Gasteiger partial charge in [-0.15, -0.1) is 0 Å². The molecule has 1 aliphatic heterocycles. The van der Waals surface area contributed by atoms with E-state index in [1.54, 1.807) is 24.5 Å². The Hall–Kier alpha value is -2.17. The highest BCUT2D eigenvalue weighted by Gasteiger charge is 2.29. The second kappa shape index (κ2) is 6.14. The molecule has 5 heteroatoms. The van der Waals surface area contributed by atoms with E-state index in [9.17, 15) is 4.79 Å². The number of rotatable bonds is 4. The Morgan fingerprint density at radius 2 is 2.00 bits per heavy atom. The van der Waals surface area contributed by atoms with Gasteiger partial charge in [0, 0.05) is 55.9 Å². The molecule has 0 N–H and O–H groups in total. The van der Waals surface area contributed by atoms with Crippen molar-refractivity contribution < 1.29 is 4.79 Å². The number of pyridine rings is 1. The second-order valence-corrected chi connectivity index (χ2v) is 6.71. The number of carbonyl (C=O) groups is 1. The summed E-state index contributed by atoms with van der Waals surface area (Å²) in [7, 11) is 0. The van der Waals surface area contributed by atoms with E-state index in [1.807, 2.05) is 11.1 Å². The SMILES string of the molecule is O=C(c1ccncc1)N1CCC[C@@H](c2nccn2CC2CC2)C1. The summed E-state index contributed by atoms with van der Waals surface area (Å²) >= 11 is 0. The molecule has 5 nitrogen and oxygen atoms in total. The van der Waals surface area contributed by atoms with E-state index in [0.29, 0.717) is 5.92 Å². The van der Waals surface area contributed by atoms with Gasteiger partial charge in [0.25, 0.3) is 5.91 Å². The molecular formula is C18H22N4O. The molecule has 23 heavy (non-hydrogen) atoms. The Balaban J connectivity index is 1.49. The molecule has 0 radical (unpaired) electrons. The molecule has 2 aromatic rings. The summed E-state index contributed by atoms with van der Waals surface area (Å²) in [6, 6.07) is 3.58. The van der Waals surface area contributed by atoms with Crippen molar-refractivity contribution in [3.05, 3.63) is 48.3 Å². The van der Waals surface area contributed by atoms with Gasteiger partial charge in [0.1, 0.15) is 5.82 Å². The van der Waals surface area contributed by atoms with Gasteiger partial charge in [-0.3, -0.25) is 9.78 Å². The molecule has 1 atom stereocenters. The van der Waals surface area contributed by atoms with Gasteiger partial charge in [0.05, 0.1) is 0 Å². The highest BCUT2D eigenvalue weighted by Crippen LogP contribution is 2.33. The zero-order valence-corrected chi connectivity index (χ0v) is 13.3. The lowest BCUT2D eigenvalue weighted by molar-refractivity contribution is 0.0703. The summed E-state index contributed by atoms with van der Waals surface area (Å²) in [6.45, 7) is 2.69. The van der Waals surface area contributed by atoms with E-state index in [4.69, 9.17) is 0 Å². The number of nitrogens with zero attached hydrogens (tertiary/aromatic N) is 4. The van der Waals surface area contributed by atoms with Gasteiger partial charge < -0.3 is 9.47 Å². The minimum absolute atomic E-state index is 0.109. The maximum Gasteiger partial charge on any atom is 0.253 e. The second-order valence-electron chi connectivity index (χ2n) is 6.71. The third-order valence-corrected chi connectivity index (χ3v) is 4.90. The van der Waals surface area contributed by atoms with Crippen LogP contribution in [0.1, 0.15) is 47.8 Å². The Labute approximate surface area is 136 Å². The van der Waals surface area contributed by atoms with Gasteiger partial charge >= 0.3 is 0 Å². The van der Waals surface area contributed by atoms with Crippen LogP contribution in [0, 0.1) is 5.92 Å². The number of aromatic nitrogens is 3. The van der Waals surface area contributed by atoms with Crippen LogP contribution in [0.25, 0.3) is 0 Å². The summed E-state index contributed by atoms with van der Waals surface area (Å²) in [5.41, 5.74) is 0.724. The third kappa shape index (κ3) is 3.14. The number of hydrogen-bond acceptors (Lipinski definition) is 3. The van der Waals surface area contributed by atoms with E-state index >= 15 is 0 Å². The molecule has 2 aromatic heterocycles. The molecule has 3 heterocycles. The molecule has 1 aliphatic carbocycles. The molecular weight excluding hydrogens is 288 g/mol. The monoisotopic (exact) mass is 310 g/mol. The van der Waals surface area contributed by atoms with Gasteiger partial charge in [-0.2, -0.15) is 0 Å². The zero-order chi connectivity index (χ0) is 15.6. The predicted molar refractivity (Wildman–Crippen MR) is 87.1 cm³/mol. The fourth-order valence-corrected chi connectivity index (χ4v) is 3.46. The fourth-order valence-electron chi connectivity index (χ4n) is 3.46. The summed E-state index contributed by atoms with van der Waals surface area (Å²) in [5.74, 6) is 2.45. The lowest BCUT2D eigenvalue weighted by atomic mass is 9.96. The number of hydrogen-bond donors (Lipinski definition) is 0. The summed E-state index contributed by atoms with van der Waals surface area (Å²) in [4.78, 5) is 23.2. The molecule has 120 valence electrons. The maximum atomic E-state index is 12.7. The standard InChI is InChI=1S/C18H22N4O/c23-18(15-5-7-19-8-6-15)22-10-1-2-16(13-22)17-20-9-11-21(17)12-14-3-4-14/h5-9,11,14,16H,1-4,10,12-13H2/t16-/m1/s1. The summed E-state index contributed by atoms with van der Waals surface area (Å²) < 4.78 is 2.31. The topological polar surface area (TPSA) is 51.0 Å². The average Bonchev–Trinajstić information content (AvgIpc) is 3.30. The molecule has 2 fully saturated rings. The highest BCUT2D eigenvalue weighted by molar-refractivity contribution is 5.94. The van der Waals surface area contributed by atoms with Crippen molar-refractivity contribution in [2.75, 3.05) is 13.1 Å². The van der Waals surface area contributed by atoms with Crippen LogP contribution in [0.5, 0.6) is 0 Å². The summed E-state index contributed by atoms with van der Waals surface area (Å²) in [5, 5.41) is 0. The average molecular weight is 310 g/mol. The van der Waals surface area contributed by atoms with E-state index in [1.165, 1.54) is 12.8 Å². The molecule has 1 saturated heterocycles. The normalized spacial score (nSPS) is 21.4. The zero-order valence-electron chi connectivity index (χ0n) is 13.3. The third-order valence-electron chi connectivity index (χ3n) is 4.90. The first kappa shape index (κ1) is 14.4. The first-order chi connectivity index (χ1) is 11.3. The molecule has 0 bridgehead atoms. The minimum atomic E-state index is 0.109. The molecule has 0 unspecified atom stereocenters. The van der Waals surface area contributed by atoms with Crippen LogP contribution in [0.15, 0.2) is 36.9 Å². The van der Waals surface area contributed by atoms with Gasteiger partial charge in [-0.1, -0.05) is 0 Å². The molecule has 2 aliphatic rings. The Kier molecular flexibility index (Phi) is 3.85. The number of amides is 1. The van der Waals surface area contributed by atoms with Gasteiger partial charge in [-0.25, -0.2) is 4.98 Å². The van der Waals surface area contributed by atoms with Crippen LogP contribution in [-0.4, -0.2) is 38.4 Å². The first-order valence-electron chi connectivity index (χ1n) is 8.51. The largest absolute Gasteiger partial charge is 0.338 e. The van der Waals surface area contributed by atoms with Crippen molar-refractivity contribution in [3.8, 4) is 0 Å². The molecule has 0 spiro atoms. The Morgan fingerprint density at radius 1 is 1.17 bits per heavy atom. The van der Waals surface area contributed by atoms with Crippen LogP contribution in [0.3, 0.4) is 0 Å². The van der Waals surface area contributed by atoms with Crippen molar-refractivity contribution in [3.63, 3.8) is 0 Å². The van der Waals surface area contributed by atoms with E-state index in [-0.39, 0.29) is 5.91 Å². The van der Waals surface area contributed by atoms with Crippen molar-refractivity contribution in [2.45, 2.75) is 38.1 Å². The van der Waals surface area contributed by atoms with Crippen LogP contribution >= 0.6 is 0 Å². The fraction of sp³-hybridized carbons (Fsp3) is 0.500. The van der Waals surface area contributed by atoms with Crippen LogP contribution < -0.4 is 0 Å². The van der Waals surface area contributed by atoms with Gasteiger partial charge in [0.15, 0.2) is 0 Å². The van der Waals surface area contributed by atoms with Crippen molar-refractivity contribution >= 4 is 5.91 Å². The Bertz CT molecular complexity index is 677. The number of imidazole rings is 1. The van der Waals surface area contributed by atoms with Crippen LogP contribution in [-0.2, 0) is 6.54 Å². The number of carbonyl (C=O) groups excluding carboxylic acids is 1. The van der Waals surface area contributed by atoms with E-state index in [0.717, 1.165) is 49.8 Å². The van der Waals surface area contributed by atoms with Gasteiger partial charge in [0.2, 0.25) is 0 Å². The number of piperidine rings is 1. The lowest BCUT2D eigenvalue weighted by Gasteiger charge is -2.32. The smallest absolute Gasteiger partial charge is 0.253 e. The molecule has 1 saturated carbocycles. The number of likely N-dealkylation sites (tertiary alicyclic amines) is 1. The maximum absolute atomic E-state index is 12.7. The van der Waals surface area contributed by atoms with E-state index < -0.39 is 0 Å². The molecule has 1 amide bonds. The summed E-state index contributed by atoms with van der Waals surface area (Å²) in [6.07, 6.45) is 12.2. The van der Waals surface area contributed by atoms with Crippen LogP contribution in [0.4, 0.5) is 0 Å². The van der Waals surface area contributed by atoms with Crippen molar-refractivity contribution in [1.82, 2.24) is 19.4 Å². The molecule has 4 rings (SSSR count). The minimum Gasteiger partial charge on any atom is -0.338 e. The van der Waals surface area contributed by atoms with Crippen LogP contribution in [0.2, 0.25) is 0 Å². The van der Waals surface area contributed by atoms with Crippen molar-refractivity contribution in [1.29, 1.82) is 0 Å². The lowest BCUT2D eigenvalue weighted by Crippen LogP contribution is -2.39. The molecule has 0 aromatic carbocycles. The quantitative estimate of drug-likeness (QED) is 0.872. The van der Waals surface area contributed by atoms with Gasteiger partial charge in [-0.05, 0) is 43.7 Å². The predicted octanol–water partition coefficient (Wildman–Crippen LogP) is 2.71.